The van der Waals surface area contributed by atoms with E-state index >= 15 is 0 Å². The fourth-order valence-corrected chi connectivity index (χ4v) is 2.16. The molecular weight excluding hydrogens is 369 g/mol. The zero-order chi connectivity index (χ0) is 20.4. The summed E-state index contributed by atoms with van der Waals surface area (Å²) in [6, 6.07) is 12.4. The molecule has 2 aromatic rings. The summed E-state index contributed by atoms with van der Waals surface area (Å²) in [5, 5.41) is 0. The number of rotatable bonds is 8. The van der Waals surface area contributed by atoms with Crippen molar-refractivity contribution < 1.29 is 32.9 Å². The molecule has 0 aliphatic heterocycles. The number of amides is 2. The molecule has 0 radical (unpaired) electrons. The van der Waals surface area contributed by atoms with Crippen molar-refractivity contribution in [1.82, 2.24) is 4.90 Å². The van der Waals surface area contributed by atoms with Crippen LogP contribution in [0.5, 0.6) is 17.2 Å². The molecule has 0 saturated carbocycles. The number of hydrogen-bond donors (Lipinski definition) is 0. The lowest BCUT2D eigenvalue weighted by Gasteiger charge is -2.19. The van der Waals surface area contributed by atoms with Crippen LogP contribution < -0.4 is 9.47 Å². The summed E-state index contributed by atoms with van der Waals surface area (Å²) in [4.78, 5) is 24.5. The van der Waals surface area contributed by atoms with Crippen LogP contribution >= 0.6 is 0 Å². The molecule has 0 atom stereocenters. The molecule has 7 nitrogen and oxygen atoms in total. The molecule has 0 bridgehead atoms. The van der Waals surface area contributed by atoms with Gasteiger partial charge in [-0.15, -0.1) is 0 Å². The van der Waals surface area contributed by atoms with Crippen LogP contribution in [0.3, 0.4) is 0 Å². The van der Waals surface area contributed by atoms with Gasteiger partial charge < -0.3 is 18.9 Å². The van der Waals surface area contributed by atoms with Gasteiger partial charge in [-0.05, 0) is 62.4 Å². The van der Waals surface area contributed by atoms with Crippen LogP contribution in [0.25, 0.3) is 0 Å². The Morgan fingerprint density at radius 1 is 0.821 bits per heavy atom. The lowest BCUT2D eigenvalue weighted by Crippen LogP contribution is -2.40. The molecule has 2 rings (SSSR count). The van der Waals surface area contributed by atoms with Crippen LogP contribution in [0.15, 0.2) is 48.5 Å². The van der Waals surface area contributed by atoms with Crippen molar-refractivity contribution in [1.29, 1.82) is 0 Å². The molecule has 2 aromatic carbocycles. The lowest BCUT2D eigenvalue weighted by molar-refractivity contribution is 0.0763. The Kier molecular flexibility index (Phi) is 8.08. The quantitative estimate of drug-likeness (QED) is 0.654. The highest BCUT2D eigenvalue weighted by atomic mass is 19.1. The minimum Gasteiger partial charge on any atom is -0.492 e. The number of carbonyl (C=O) groups is 2. The van der Waals surface area contributed by atoms with Crippen LogP contribution in [0.1, 0.15) is 13.8 Å². The minimum absolute atomic E-state index is 0.0223. The van der Waals surface area contributed by atoms with Crippen LogP contribution in [0.4, 0.5) is 14.0 Å². The maximum Gasteiger partial charge on any atom is 0.419 e. The van der Waals surface area contributed by atoms with Gasteiger partial charge in [0.15, 0.2) is 0 Å². The standard InChI is InChI=1S/C20H22FNO6/c1-3-25-19(23)22(20(24)26-4-2)13-14-27-16-9-11-18(12-10-16)28-17-7-5-15(21)6-8-17/h5-12H,3-4,13-14H2,1-2H3. The van der Waals surface area contributed by atoms with Gasteiger partial charge in [-0.25, -0.2) is 18.9 Å². The van der Waals surface area contributed by atoms with Crippen LogP contribution in [-0.2, 0) is 9.47 Å². The zero-order valence-corrected chi connectivity index (χ0v) is 15.7. The Morgan fingerprint density at radius 3 is 1.79 bits per heavy atom. The van der Waals surface area contributed by atoms with Crippen molar-refractivity contribution in [3.05, 3.63) is 54.3 Å². The molecule has 0 aliphatic rings. The van der Waals surface area contributed by atoms with Crippen LogP contribution in [0.2, 0.25) is 0 Å². The van der Waals surface area contributed by atoms with E-state index in [2.05, 4.69) is 0 Å². The molecule has 28 heavy (non-hydrogen) atoms. The van der Waals surface area contributed by atoms with Gasteiger partial charge in [0.05, 0.1) is 19.8 Å². The highest BCUT2D eigenvalue weighted by Gasteiger charge is 2.23. The molecule has 0 aromatic heterocycles. The Balaban J connectivity index is 1.87. The van der Waals surface area contributed by atoms with Crippen molar-refractivity contribution in [3.8, 4) is 17.2 Å². The predicted molar refractivity (Wildman–Crippen MR) is 99.2 cm³/mol. The van der Waals surface area contributed by atoms with Crippen LogP contribution in [0, 0.1) is 5.82 Å². The first-order valence-corrected chi connectivity index (χ1v) is 8.80. The van der Waals surface area contributed by atoms with E-state index < -0.39 is 12.2 Å². The van der Waals surface area contributed by atoms with E-state index in [1.54, 1.807) is 38.1 Å². The topological polar surface area (TPSA) is 74.3 Å². The average molecular weight is 391 g/mol. The third-order valence-corrected chi connectivity index (χ3v) is 3.43. The van der Waals surface area contributed by atoms with Gasteiger partial charge in [0.25, 0.3) is 0 Å². The van der Waals surface area contributed by atoms with E-state index in [1.807, 2.05) is 0 Å². The summed E-state index contributed by atoms with van der Waals surface area (Å²) in [5.74, 6) is 1.25. The van der Waals surface area contributed by atoms with Crippen molar-refractivity contribution in [2.24, 2.45) is 0 Å². The summed E-state index contributed by atoms with van der Waals surface area (Å²) in [6.45, 7) is 3.62. The number of halogens is 1. The third-order valence-electron chi connectivity index (χ3n) is 3.43. The predicted octanol–water partition coefficient (Wildman–Crippen LogP) is 4.61. The highest BCUT2D eigenvalue weighted by molar-refractivity contribution is 5.87. The molecule has 8 heteroatoms. The minimum atomic E-state index is -0.785. The van der Waals surface area contributed by atoms with Crippen molar-refractivity contribution in [3.63, 3.8) is 0 Å². The van der Waals surface area contributed by atoms with E-state index in [0.717, 1.165) is 4.90 Å². The number of ether oxygens (including phenoxy) is 4. The Hall–Kier alpha value is -3.29. The summed E-state index contributed by atoms with van der Waals surface area (Å²) >= 11 is 0. The molecule has 0 aliphatic carbocycles. The Bertz CT molecular complexity index is 745. The smallest absolute Gasteiger partial charge is 0.419 e. The fourth-order valence-electron chi connectivity index (χ4n) is 2.16. The molecule has 0 heterocycles. The van der Waals surface area contributed by atoms with E-state index in [9.17, 15) is 14.0 Å². The maximum atomic E-state index is 12.9. The van der Waals surface area contributed by atoms with Crippen molar-refractivity contribution in [2.45, 2.75) is 13.8 Å². The largest absolute Gasteiger partial charge is 0.492 e. The molecule has 0 fully saturated rings. The van der Waals surface area contributed by atoms with Crippen molar-refractivity contribution >= 4 is 12.2 Å². The third kappa shape index (κ3) is 6.46. The van der Waals surface area contributed by atoms with Gasteiger partial charge in [-0.1, -0.05) is 0 Å². The summed E-state index contributed by atoms with van der Waals surface area (Å²) in [5.41, 5.74) is 0. The summed E-state index contributed by atoms with van der Waals surface area (Å²) in [6.07, 6.45) is -1.57. The summed E-state index contributed by atoms with van der Waals surface area (Å²) in [7, 11) is 0. The maximum absolute atomic E-state index is 12.9. The van der Waals surface area contributed by atoms with E-state index in [-0.39, 0.29) is 32.2 Å². The SMILES string of the molecule is CCOC(=O)N(CCOc1ccc(Oc2ccc(F)cc2)cc1)C(=O)OCC. The monoisotopic (exact) mass is 391 g/mol. The Labute approximate surface area is 162 Å². The fraction of sp³-hybridized carbons (Fsp3) is 0.300. The average Bonchev–Trinajstić information content (AvgIpc) is 2.68. The van der Waals surface area contributed by atoms with Gasteiger partial charge in [-0.2, -0.15) is 0 Å². The van der Waals surface area contributed by atoms with Crippen LogP contribution in [-0.4, -0.2) is 43.5 Å². The van der Waals surface area contributed by atoms with Gasteiger partial charge in [0, 0.05) is 0 Å². The number of nitrogens with zero attached hydrogens (tertiary/aromatic N) is 1. The number of hydrogen-bond acceptors (Lipinski definition) is 6. The number of benzene rings is 2. The van der Waals surface area contributed by atoms with Gasteiger partial charge >= 0.3 is 12.2 Å². The summed E-state index contributed by atoms with van der Waals surface area (Å²) < 4.78 is 33.7. The molecule has 0 unspecified atom stereocenters. The molecular formula is C20H22FNO6. The van der Waals surface area contributed by atoms with Crippen molar-refractivity contribution in [2.75, 3.05) is 26.4 Å². The molecule has 2 amide bonds. The van der Waals surface area contributed by atoms with Gasteiger partial charge in [0.1, 0.15) is 29.7 Å². The number of imide groups is 1. The molecule has 0 saturated heterocycles. The first-order chi connectivity index (χ1) is 13.5. The molecule has 150 valence electrons. The van der Waals surface area contributed by atoms with Gasteiger partial charge in [-0.3, -0.25) is 0 Å². The second kappa shape index (κ2) is 10.8. The molecule has 0 N–H and O–H groups in total. The number of carbonyl (C=O) groups excluding carboxylic acids is 2. The highest BCUT2D eigenvalue weighted by Crippen LogP contribution is 2.24. The van der Waals surface area contributed by atoms with E-state index in [0.29, 0.717) is 17.2 Å². The Morgan fingerprint density at radius 2 is 1.29 bits per heavy atom. The normalized spacial score (nSPS) is 10.1. The first kappa shape index (κ1) is 21.0. The second-order valence-electron chi connectivity index (χ2n) is 5.43. The van der Waals surface area contributed by atoms with E-state index in [4.69, 9.17) is 18.9 Å². The van der Waals surface area contributed by atoms with E-state index in [1.165, 1.54) is 24.3 Å². The second-order valence-corrected chi connectivity index (χ2v) is 5.43. The first-order valence-electron chi connectivity index (χ1n) is 8.80. The zero-order valence-electron chi connectivity index (χ0n) is 15.7. The molecule has 0 spiro atoms. The van der Waals surface area contributed by atoms with Gasteiger partial charge in [0.2, 0.25) is 0 Å². The lowest BCUT2D eigenvalue weighted by atomic mass is 10.3.